The molecule has 2 nitrogen and oxygen atoms in total. The number of thiazole rings is 1. The molecule has 1 aromatic carbocycles. The van der Waals surface area contributed by atoms with Gasteiger partial charge in [0.15, 0.2) is 0 Å². The topological polar surface area (TPSA) is 16.1 Å². The van der Waals surface area contributed by atoms with Gasteiger partial charge >= 0.3 is 0 Å². The van der Waals surface area contributed by atoms with E-state index in [1.807, 2.05) is 5.51 Å². The van der Waals surface area contributed by atoms with Crippen molar-refractivity contribution in [3.63, 3.8) is 0 Å². The number of hydrogen-bond donors (Lipinski definition) is 0. The third kappa shape index (κ3) is 3.43. The summed E-state index contributed by atoms with van der Waals surface area (Å²) in [6, 6.07) is 11.0. The second-order valence-electron chi connectivity index (χ2n) is 5.29. The first-order valence-electron chi connectivity index (χ1n) is 7.06. The first-order valence-corrected chi connectivity index (χ1v) is 8.00. The molecule has 1 atom stereocenters. The van der Waals surface area contributed by atoms with Gasteiger partial charge in [-0.2, -0.15) is 0 Å². The molecule has 19 heavy (non-hydrogen) atoms. The average molecular weight is 272 g/mol. The second kappa shape index (κ2) is 6.31. The SMILES string of the molecule is c1ccc(C2CCCN(Cc3cscn3)CC2)cc1. The third-order valence-corrected chi connectivity index (χ3v) is 4.60. The largest absolute Gasteiger partial charge is 0.297 e. The molecule has 1 aliphatic heterocycles. The van der Waals surface area contributed by atoms with Crippen molar-refractivity contribution in [3.8, 4) is 0 Å². The number of rotatable bonds is 3. The van der Waals surface area contributed by atoms with Gasteiger partial charge in [0.1, 0.15) is 0 Å². The Kier molecular flexibility index (Phi) is 4.26. The fourth-order valence-electron chi connectivity index (χ4n) is 2.92. The van der Waals surface area contributed by atoms with Gasteiger partial charge < -0.3 is 0 Å². The molecule has 0 aliphatic carbocycles. The first-order chi connectivity index (χ1) is 9.42. The minimum atomic E-state index is 0.738. The van der Waals surface area contributed by atoms with Crippen molar-refractivity contribution < 1.29 is 0 Å². The highest BCUT2D eigenvalue weighted by Gasteiger charge is 2.18. The van der Waals surface area contributed by atoms with Crippen molar-refractivity contribution in [2.75, 3.05) is 13.1 Å². The highest BCUT2D eigenvalue weighted by molar-refractivity contribution is 7.07. The van der Waals surface area contributed by atoms with Crippen molar-refractivity contribution >= 4 is 11.3 Å². The van der Waals surface area contributed by atoms with Crippen molar-refractivity contribution in [3.05, 3.63) is 52.5 Å². The maximum atomic E-state index is 4.39. The van der Waals surface area contributed by atoms with Gasteiger partial charge in [0, 0.05) is 11.9 Å². The van der Waals surface area contributed by atoms with Crippen molar-refractivity contribution in [2.24, 2.45) is 0 Å². The zero-order valence-electron chi connectivity index (χ0n) is 11.2. The van der Waals surface area contributed by atoms with Crippen LogP contribution in [0.25, 0.3) is 0 Å². The molecule has 2 aromatic rings. The third-order valence-electron chi connectivity index (χ3n) is 3.96. The Morgan fingerprint density at radius 1 is 1.16 bits per heavy atom. The van der Waals surface area contributed by atoms with Gasteiger partial charge in [-0.15, -0.1) is 11.3 Å². The minimum absolute atomic E-state index is 0.738. The maximum Gasteiger partial charge on any atom is 0.0795 e. The Morgan fingerprint density at radius 3 is 2.84 bits per heavy atom. The molecular formula is C16H20N2S. The van der Waals surface area contributed by atoms with E-state index in [0.717, 1.165) is 12.5 Å². The number of nitrogens with zero attached hydrogens (tertiary/aromatic N) is 2. The minimum Gasteiger partial charge on any atom is -0.297 e. The molecule has 2 heterocycles. The molecule has 3 rings (SSSR count). The Bertz CT molecular complexity index is 481. The van der Waals surface area contributed by atoms with E-state index in [0.29, 0.717) is 0 Å². The van der Waals surface area contributed by atoms with Gasteiger partial charge in [-0.1, -0.05) is 30.3 Å². The van der Waals surface area contributed by atoms with Crippen molar-refractivity contribution in [1.29, 1.82) is 0 Å². The summed E-state index contributed by atoms with van der Waals surface area (Å²) in [4.78, 5) is 6.95. The van der Waals surface area contributed by atoms with E-state index >= 15 is 0 Å². The van der Waals surface area contributed by atoms with Gasteiger partial charge in [-0.05, 0) is 43.8 Å². The Morgan fingerprint density at radius 2 is 2.05 bits per heavy atom. The number of aromatic nitrogens is 1. The van der Waals surface area contributed by atoms with Crippen LogP contribution in [0.1, 0.15) is 36.4 Å². The molecule has 0 amide bonds. The predicted octanol–water partition coefficient (Wildman–Crippen LogP) is 3.91. The highest BCUT2D eigenvalue weighted by Crippen LogP contribution is 2.28. The van der Waals surface area contributed by atoms with Gasteiger partial charge in [-0.3, -0.25) is 4.90 Å². The lowest BCUT2D eigenvalue weighted by molar-refractivity contribution is 0.273. The van der Waals surface area contributed by atoms with E-state index in [9.17, 15) is 0 Å². The van der Waals surface area contributed by atoms with E-state index in [1.54, 1.807) is 11.3 Å². The van der Waals surface area contributed by atoms with Gasteiger partial charge in [0.05, 0.1) is 11.2 Å². The lowest BCUT2D eigenvalue weighted by Gasteiger charge is -2.19. The standard InChI is InChI=1S/C16H20N2S/c1-2-5-14(6-3-1)15-7-4-9-18(10-8-15)11-16-12-19-13-17-16/h1-3,5-6,12-13,15H,4,7-11H2. The van der Waals surface area contributed by atoms with Gasteiger partial charge in [-0.25, -0.2) is 4.98 Å². The van der Waals surface area contributed by atoms with Crippen molar-refractivity contribution in [2.45, 2.75) is 31.7 Å². The van der Waals surface area contributed by atoms with Crippen LogP contribution >= 0.6 is 11.3 Å². The van der Waals surface area contributed by atoms with Crippen LogP contribution in [0.5, 0.6) is 0 Å². The zero-order chi connectivity index (χ0) is 12.9. The fraction of sp³-hybridized carbons (Fsp3) is 0.438. The lowest BCUT2D eigenvalue weighted by atomic mass is 9.92. The summed E-state index contributed by atoms with van der Waals surface area (Å²) in [7, 11) is 0. The van der Waals surface area contributed by atoms with E-state index in [4.69, 9.17) is 0 Å². The summed E-state index contributed by atoms with van der Waals surface area (Å²) in [6.45, 7) is 3.42. The van der Waals surface area contributed by atoms with Crippen molar-refractivity contribution in [1.82, 2.24) is 9.88 Å². The normalized spacial score (nSPS) is 21.2. The molecule has 0 radical (unpaired) electrons. The predicted molar refractivity (Wildman–Crippen MR) is 80.4 cm³/mol. The Hall–Kier alpha value is -1.19. The van der Waals surface area contributed by atoms with Crippen LogP contribution in [0.3, 0.4) is 0 Å². The molecule has 0 spiro atoms. The highest BCUT2D eigenvalue weighted by atomic mass is 32.1. The van der Waals surface area contributed by atoms with Crippen LogP contribution in [0.2, 0.25) is 0 Å². The Labute approximate surface area is 119 Å². The molecule has 0 bridgehead atoms. The molecule has 1 saturated heterocycles. The van der Waals surface area contributed by atoms with Crippen LogP contribution in [0, 0.1) is 0 Å². The van der Waals surface area contributed by atoms with E-state index < -0.39 is 0 Å². The summed E-state index contributed by atoms with van der Waals surface area (Å²) in [5, 5.41) is 2.17. The molecular weight excluding hydrogens is 252 g/mol. The molecule has 1 aromatic heterocycles. The number of hydrogen-bond acceptors (Lipinski definition) is 3. The molecule has 1 aliphatic rings. The summed E-state index contributed by atoms with van der Waals surface area (Å²) >= 11 is 1.69. The summed E-state index contributed by atoms with van der Waals surface area (Å²) in [5.74, 6) is 0.738. The van der Waals surface area contributed by atoms with Crippen LogP contribution < -0.4 is 0 Å². The molecule has 100 valence electrons. The van der Waals surface area contributed by atoms with Crippen LogP contribution in [0.4, 0.5) is 0 Å². The smallest absolute Gasteiger partial charge is 0.0795 e. The molecule has 1 unspecified atom stereocenters. The molecule has 3 heteroatoms. The average Bonchev–Trinajstić information content (AvgIpc) is 2.85. The van der Waals surface area contributed by atoms with Crippen LogP contribution in [-0.4, -0.2) is 23.0 Å². The Balaban J connectivity index is 1.60. The number of benzene rings is 1. The van der Waals surface area contributed by atoms with Gasteiger partial charge in [0.25, 0.3) is 0 Å². The molecule has 0 saturated carbocycles. The maximum absolute atomic E-state index is 4.39. The monoisotopic (exact) mass is 272 g/mol. The van der Waals surface area contributed by atoms with E-state index in [2.05, 4.69) is 45.6 Å². The zero-order valence-corrected chi connectivity index (χ0v) is 12.0. The van der Waals surface area contributed by atoms with E-state index in [1.165, 1.54) is 43.6 Å². The fourth-order valence-corrected chi connectivity index (χ4v) is 3.47. The van der Waals surface area contributed by atoms with Crippen LogP contribution in [0.15, 0.2) is 41.2 Å². The summed E-state index contributed by atoms with van der Waals surface area (Å²) in [5.41, 5.74) is 4.67. The second-order valence-corrected chi connectivity index (χ2v) is 6.01. The molecule has 0 N–H and O–H groups in total. The van der Waals surface area contributed by atoms with E-state index in [-0.39, 0.29) is 0 Å². The quantitative estimate of drug-likeness (QED) is 0.842. The lowest BCUT2D eigenvalue weighted by Crippen LogP contribution is -2.24. The van der Waals surface area contributed by atoms with Gasteiger partial charge in [0.2, 0.25) is 0 Å². The summed E-state index contributed by atoms with van der Waals surface area (Å²) in [6.07, 6.45) is 3.88. The molecule has 1 fully saturated rings. The first kappa shape index (κ1) is 12.8. The van der Waals surface area contributed by atoms with Crippen LogP contribution in [-0.2, 0) is 6.54 Å². The number of likely N-dealkylation sites (tertiary alicyclic amines) is 1. The summed E-state index contributed by atoms with van der Waals surface area (Å²) < 4.78 is 0.